The molecule has 2 aliphatic rings. The minimum Gasteiger partial charge on any atom is -0.456 e. The van der Waals surface area contributed by atoms with Gasteiger partial charge in [0.05, 0.1) is 17.2 Å². The van der Waals surface area contributed by atoms with Crippen LogP contribution in [-0.4, -0.2) is 74.0 Å². The highest BCUT2D eigenvalue weighted by molar-refractivity contribution is 6.05. The van der Waals surface area contributed by atoms with Crippen LogP contribution in [0.25, 0.3) is 0 Å². The second-order valence-electron chi connectivity index (χ2n) is 10.7. The number of nitrogens with zero attached hydrogens (tertiary/aromatic N) is 3. The Morgan fingerprint density at radius 3 is 1.97 bits per heavy atom. The minimum atomic E-state index is -5.30. The maximum atomic E-state index is 13.8. The highest BCUT2D eigenvalue weighted by atomic mass is 19.4. The van der Waals surface area contributed by atoms with E-state index < -0.39 is 54.6 Å². The molecule has 0 radical (unpaired) electrons. The summed E-state index contributed by atoms with van der Waals surface area (Å²) >= 11 is 0. The van der Waals surface area contributed by atoms with E-state index in [1.807, 2.05) is 11.9 Å². The first-order valence-electron chi connectivity index (χ1n) is 12.3. The van der Waals surface area contributed by atoms with Gasteiger partial charge < -0.3 is 19.4 Å². The van der Waals surface area contributed by atoms with Crippen LogP contribution < -0.4 is 9.80 Å². The van der Waals surface area contributed by atoms with E-state index in [4.69, 9.17) is 4.74 Å². The van der Waals surface area contributed by atoms with Crippen LogP contribution in [0.5, 0.6) is 0 Å². The molecule has 1 aliphatic heterocycles. The van der Waals surface area contributed by atoms with Gasteiger partial charge in [-0.1, -0.05) is 0 Å². The van der Waals surface area contributed by atoms with Crippen molar-refractivity contribution in [3.63, 3.8) is 0 Å². The number of ether oxygens (including phenoxy) is 1. The largest absolute Gasteiger partial charge is 0.471 e. The van der Waals surface area contributed by atoms with Crippen LogP contribution in [0, 0.1) is 5.92 Å². The van der Waals surface area contributed by atoms with Crippen molar-refractivity contribution in [1.29, 1.82) is 0 Å². The molecule has 1 saturated carbocycles. The zero-order chi connectivity index (χ0) is 27.8. The van der Waals surface area contributed by atoms with Crippen molar-refractivity contribution in [1.82, 2.24) is 4.90 Å². The van der Waals surface area contributed by atoms with Crippen LogP contribution in [-0.2, 0) is 9.53 Å². The molecule has 2 fully saturated rings. The highest BCUT2D eigenvalue weighted by Gasteiger charge is 2.49. The van der Waals surface area contributed by atoms with Crippen LogP contribution in [0.1, 0.15) is 56.8 Å². The number of anilines is 2. The summed E-state index contributed by atoms with van der Waals surface area (Å²) in [6, 6.07) is 3.11. The van der Waals surface area contributed by atoms with Crippen LogP contribution in [0.15, 0.2) is 18.2 Å². The lowest BCUT2D eigenvalue weighted by molar-refractivity contribution is -0.183. The Morgan fingerprint density at radius 1 is 0.919 bits per heavy atom. The first-order valence-corrected chi connectivity index (χ1v) is 12.3. The van der Waals surface area contributed by atoms with Crippen molar-refractivity contribution in [2.45, 2.75) is 70.4 Å². The molecule has 1 aliphatic carbocycles. The van der Waals surface area contributed by atoms with Gasteiger partial charge in [-0.05, 0) is 71.7 Å². The molecule has 37 heavy (non-hydrogen) atoms. The highest BCUT2D eigenvalue weighted by Crippen LogP contribution is 2.42. The summed E-state index contributed by atoms with van der Waals surface area (Å²) in [5.74, 6) is -4.78. The summed E-state index contributed by atoms with van der Waals surface area (Å²) < 4.78 is 86.5. The van der Waals surface area contributed by atoms with Gasteiger partial charge in [0, 0.05) is 37.9 Å². The molecule has 0 N–H and O–H groups in total. The quantitative estimate of drug-likeness (QED) is 0.380. The molecule has 1 saturated heterocycles. The number of hydrogen-bond acceptors (Lipinski definition) is 5. The van der Waals surface area contributed by atoms with Crippen molar-refractivity contribution in [2.24, 2.45) is 5.92 Å². The predicted octanol–water partition coefficient (Wildman–Crippen LogP) is 5.41. The maximum absolute atomic E-state index is 13.8. The number of likely N-dealkylation sites (N-methyl/N-ethyl adjacent to an activating group) is 1. The molecule has 0 spiro atoms. The average Bonchev–Trinajstić information content (AvgIpc) is 2.77. The van der Waals surface area contributed by atoms with Crippen molar-refractivity contribution < 1.29 is 40.7 Å². The number of rotatable bonds is 4. The van der Waals surface area contributed by atoms with Crippen LogP contribution in [0.3, 0.4) is 0 Å². The van der Waals surface area contributed by atoms with Gasteiger partial charge in [-0.15, -0.1) is 0 Å². The number of piperazine rings is 1. The standard InChI is InChI=1S/C25H33F6N3O3/c1-23(2,3)37-21(35)19-10-9-18(33-13-11-32(4)12-14-33)15-20(19)34(22(36)25(29,30)31)17-7-5-16(6-8-17)24(26,27)28/h9-10,15-17H,5-8,11-14H2,1-4H3/t16-,17+. The van der Waals surface area contributed by atoms with Crippen LogP contribution in [0.4, 0.5) is 37.7 Å². The molecule has 0 atom stereocenters. The van der Waals surface area contributed by atoms with Crippen molar-refractivity contribution >= 4 is 23.3 Å². The van der Waals surface area contributed by atoms with Gasteiger partial charge >= 0.3 is 24.2 Å². The molecule has 6 nitrogen and oxygen atoms in total. The van der Waals surface area contributed by atoms with E-state index >= 15 is 0 Å². The zero-order valence-electron chi connectivity index (χ0n) is 21.4. The molecule has 12 heteroatoms. The van der Waals surface area contributed by atoms with Gasteiger partial charge in [-0.25, -0.2) is 4.79 Å². The van der Waals surface area contributed by atoms with Gasteiger partial charge in [-0.3, -0.25) is 4.79 Å². The third-order valence-corrected chi connectivity index (χ3v) is 6.71. The Kier molecular flexibility index (Phi) is 8.41. The zero-order valence-corrected chi connectivity index (χ0v) is 21.4. The van der Waals surface area contributed by atoms with Gasteiger partial charge in [0.2, 0.25) is 0 Å². The van der Waals surface area contributed by atoms with Gasteiger partial charge in [0.1, 0.15) is 5.60 Å². The SMILES string of the molecule is CN1CCN(c2ccc(C(=O)OC(C)(C)C)c(N(C(=O)C(F)(F)F)[C@H]3CC[C@@H](C(F)(F)F)CC3)c2)CC1. The Balaban J connectivity index is 2.08. The van der Waals surface area contributed by atoms with Crippen molar-refractivity contribution in [3.8, 4) is 0 Å². The molecular formula is C25H33F6N3O3. The summed E-state index contributed by atoms with van der Waals surface area (Å²) in [5, 5.41) is 0. The Hall–Kier alpha value is -2.50. The second-order valence-corrected chi connectivity index (χ2v) is 10.7. The normalized spacial score (nSPS) is 22.1. The molecule has 1 aromatic carbocycles. The monoisotopic (exact) mass is 537 g/mol. The molecular weight excluding hydrogens is 504 g/mol. The predicted molar refractivity (Wildman–Crippen MR) is 127 cm³/mol. The van der Waals surface area contributed by atoms with Gasteiger partial charge in [0.25, 0.3) is 0 Å². The summed E-state index contributed by atoms with van der Waals surface area (Å²) in [6.45, 7) is 7.35. The third kappa shape index (κ3) is 7.30. The smallest absolute Gasteiger partial charge is 0.456 e. The first-order chi connectivity index (χ1) is 17.0. The molecule has 0 bridgehead atoms. The fourth-order valence-electron chi connectivity index (χ4n) is 4.76. The van der Waals surface area contributed by atoms with Crippen molar-refractivity contribution in [3.05, 3.63) is 23.8 Å². The van der Waals surface area contributed by atoms with Crippen LogP contribution in [0.2, 0.25) is 0 Å². The summed E-state index contributed by atoms with van der Waals surface area (Å²) in [5.41, 5.74) is -1.00. The lowest BCUT2D eigenvalue weighted by atomic mass is 9.84. The Labute approximate surface area is 212 Å². The number of carbonyl (C=O) groups is 2. The number of hydrogen-bond donors (Lipinski definition) is 0. The fourth-order valence-corrected chi connectivity index (χ4v) is 4.76. The lowest BCUT2D eigenvalue weighted by Crippen LogP contribution is -2.50. The van der Waals surface area contributed by atoms with E-state index in [1.54, 1.807) is 26.8 Å². The Bertz CT molecular complexity index is 973. The Morgan fingerprint density at radius 2 is 1.49 bits per heavy atom. The summed E-state index contributed by atoms with van der Waals surface area (Å²) in [7, 11) is 1.94. The van der Waals surface area contributed by atoms with E-state index in [9.17, 15) is 35.9 Å². The molecule has 0 unspecified atom stereocenters. The number of halogens is 6. The molecule has 0 aromatic heterocycles. The van der Waals surface area contributed by atoms with E-state index in [-0.39, 0.29) is 24.1 Å². The first kappa shape index (κ1) is 29.1. The average molecular weight is 538 g/mol. The number of benzene rings is 1. The second kappa shape index (κ2) is 10.7. The lowest BCUT2D eigenvalue weighted by Gasteiger charge is -2.39. The van der Waals surface area contributed by atoms with E-state index in [1.165, 1.54) is 12.1 Å². The summed E-state index contributed by atoms with van der Waals surface area (Å²) in [4.78, 5) is 30.3. The molecule has 3 rings (SSSR count). The third-order valence-electron chi connectivity index (χ3n) is 6.71. The fraction of sp³-hybridized carbons (Fsp3) is 0.680. The van der Waals surface area contributed by atoms with E-state index in [2.05, 4.69) is 4.90 Å². The number of esters is 1. The molecule has 208 valence electrons. The van der Waals surface area contributed by atoms with Gasteiger partial charge in [-0.2, -0.15) is 26.3 Å². The topological polar surface area (TPSA) is 53.1 Å². The summed E-state index contributed by atoms with van der Waals surface area (Å²) in [6.07, 6.45) is -11.1. The van der Waals surface area contributed by atoms with Crippen molar-refractivity contribution in [2.75, 3.05) is 43.0 Å². The molecule has 1 heterocycles. The van der Waals surface area contributed by atoms with E-state index in [0.29, 0.717) is 36.8 Å². The van der Waals surface area contributed by atoms with E-state index in [0.717, 1.165) is 0 Å². The van der Waals surface area contributed by atoms with Gasteiger partial charge in [0.15, 0.2) is 0 Å². The van der Waals surface area contributed by atoms with Crippen LogP contribution >= 0.6 is 0 Å². The maximum Gasteiger partial charge on any atom is 0.471 e. The number of amides is 1. The molecule has 1 amide bonds. The number of alkyl halides is 6. The number of carbonyl (C=O) groups excluding carboxylic acids is 2. The molecule has 1 aromatic rings. The minimum absolute atomic E-state index is 0.247.